The van der Waals surface area contributed by atoms with Gasteiger partial charge in [0, 0.05) is 71.1 Å². The molecule has 7 heteroatoms. The van der Waals surface area contributed by atoms with Crippen molar-refractivity contribution in [1.82, 2.24) is 0 Å². The fraction of sp³-hybridized carbons (Fsp3) is 0.125. The van der Waals surface area contributed by atoms with Crippen LogP contribution in [0, 0.1) is 0 Å². The van der Waals surface area contributed by atoms with Crippen LogP contribution in [0.4, 0.5) is 5.69 Å². The molecule has 1 amide bonds. The van der Waals surface area contributed by atoms with E-state index in [0.717, 1.165) is 5.69 Å². The van der Waals surface area contributed by atoms with Crippen LogP contribution in [-0.4, -0.2) is 23.4 Å². The van der Waals surface area contributed by atoms with Crippen LogP contribution in [-0.2, 0) is 70.2 Å². The van der Waals surface area contributed by atoms with Crippen molar-refractivity contribution in [3.8, 4) is 0 Å². The fourth-order valence-electron chi connectivity index (χ4n) is 0.727. The number of rotatable bonds is 2. The number of carbonyl (C=O) groups is 1. The van der Waals surface area contributed by atoms with Crippen LogP contribution >= 0.6 is 0 Å². The predicted octanol–water partition coefficient (Wildman–Crippen LogP) is 0.0229. The molecule has 1 aromatic carbocycles. The first-order chi connectivity index (χ1) is 5.33. The van der Waals surface area contributed by atoms with Crippen molar-refractivity contribution in [2.24, 2.45) is 0 Å². The average molecular weight is 363 g/mol. The average Bonchev–Trinajstić information content (AvgIpc) is 2.06. The van der Waals surface area contributed by atoms with Crippen molar-refractivity contribution in [2.75, 3.05) is 11.9 Å². The standard InChI is InChI=1S/C8H9N2O.2H2O.2Y/c9-6-8(11)10-7-4-2-1-3-5-7;;;;/h1-5,9H,6H2,(H,10,11);2*1H2;;/q-1;;;;. The summed E-state index contributed by atoms with van der Waals surface area (Å²) in [6, 6.07) is 9.11. The Bertz CT molecular complexity index is 247. The smallest absolute Gasteiger partial charge is 0.203 e. The summed E-state index contributed by atoms with van der Waals surface area (Å²) in [4.78, 5) is 10.7. The van der Waals surface area contributed by atoms with Crippen molar-refractivity contribution in [1.29, 1.82) is 0 Å². The molecule has 0 atom stereocenters. The zero-order chi connectivity index (χ0) is 8.10. The monoisotopic (exact) mass is 363 g/mol. The van der Waals surface area contributed by atoms with Crippen LogP contribution in [0.25, 0.3) is 5.73 Å². The second kappa shape index (κ2) is 14.8. The molecule has 15 heavy (non-hydrogen) atoms. The summed E-state index contributed by atoms with van der Waals surface area (Å²) < 4.78 is 0. The SMILES string of the molecule is O.O.[NH-]CC(=O)Nc1ccccc1.[Y].[Y]. The van der Waals surface area contributed by atoms with Crippen molar-refractivity contribution < 1.29 is 81.2 Å². The Morgan fingerprint density at radius 2 is 1.60 bits per heavy atom. The summed E-state index contributed by atoms with van der Waals surface area (Å²) in [6.45, 7) is -0.227. The number of amides is 1. The molecule has 5 nitrogen and oxygen atoms in total. The largest absolute Gasteiger partial charge is 0.670 e. The van der Waals surface area contributed by atoms with Crippen molar-refractivity contribution in [3.05, 3.63) is 36.1 Å². The summed E-state index contributed by atoms with van der Waals surface area (Å²) in [5.74, 6) is -0.281. The van der Waals surface area contributed by atoms with E-state index in [-0.39, 0.29) is 88.8 Å². The van der Waals surface area contributed by atoms with Gasteiger partial charge >= 0.3 is 0 Å². The minimum atomic E-state index is -0.281. The third-order valence-corrected chi connectivity index (χ3v) is 1.22. The Morgan fingerprint density at radius 1 is 1.13 bits per heavy atom. The predicted molar refractivity (Wildman–Crippen MR) is 51.5 cm³/mol. The molecule has 0 heterocycles. The topological polar surface area (TPSA) is 116 Å². The van der Waals surface area contributed by atoms with Crippen molar-refractivity contribution in [2.45, 2.75) is 0 Å². The molecule has 80 valence electrons. The molecule has 2 radical (unpaired) electrons. The summed E-state index contributed by atoms with van der Waals surface area (Å²) in [7, 11) is 0. The molecule has 0 aromatic heterocycles. The molecule has 0 aliphatic carbocycles. The summed E-state index contributed by atoms with van der Waals surface area (Å²) >= 11 is 0. The number of benzene rings is 1. The van der Waals surface area contributed by atoms with E-state index in [1.807, 2.05) is 18.2 Å². The summed E-state index contributed by atoms with van der Waals surface area (Å²) in [5, 5.41) is 2.57. The van der Waals surface area contributed by atoms with E-state index >= 15 is 0 Å². The van der Waals surface area contributed by atoms with Crippen molar-refractivity contribution in [3.63, 3.8) is 0 Å². The molecular weight excluding hydrogens is 350 g/mol. The first kappa shape index (κ1) is 24.8. The zero-order valence-corrected chi connectivity index (χ0v) is 13.8. The Hall–Kier alpha value is 0.778. The van der Waals surface area contributed by atoms with E-state index in [1.165, 1.54) is 0 Å². The minimum Gasteiger partial charge on any atom is -0.670 e. The second-order valence-electron chi connectivity index (χ2n) is 2.09. The van der Waals surface area contributed by atoms with E-state index in [2.05, 4.69) is 5.32 Å². The van der Waals surface area contributed by atoms with Gasteiger partial charge in [0.05, 0.1) is 0 Å². The van der Waals surface area contributed by atoms with Gasteiger partial charge in [-0.25, -0.2) is 0 Å². The minimum absolute atomic E-state index is 0. The third-order valence-electron chi connectivity index (χ3n) is 1.22. The van der Waals surface area contributed by atoms with Gasteiger partial charge in [-0.3, -0.25) is 4.79 Å². The Morgan fingerprint density at radius 3 is 2.00 bits per heavy atom. The number of hydrogen-bond donors (Lipinski definition) is 1. The summed E-state index contributed by atoms with van der Waals surface area (Å²) in [6.07, 6.45) is 0. The second-order valence-corrected chi connectivity index (χ2v) is 2.09. The zero-order valence-electron chi connectivity index (χ0n) is 8.16. The summed E-state index contributed by atoms with van der Waals surface area (Å²) in [5.41, 5.74) is 7.49. The molecule has 6 N–H and O–H groups in total. The number of anilines is 1. The van der Waals surface area contributed by atoms with Crippen LogP contribution in [0.1, 0.15) is 0 Å². The molecule has 0 bridgehead atoms. The molecule has 0 saturated carbocycles. The third kappa shape index (κ3) is 11.0. The number of hydrogen-bond acceptors (Lipinski definition) is 1. The molecule has 0 aliphatic rings. The van der Waals surface area contributed by atoms with Crippen LogP contribution in [0.15, 0.2) is 30.3 Å². The van der Waals surface area contributed by atoms with E-state index in [9.17, 15) is 4.79 Å². The van der Waals surface area contributed by atoms with Gasteiger partial charge in [0.15, 0.2) is 0 Å². The van der Waals surface area contributed by atoms with E-state index < -0.39 is 0 Å². The quantitative estimate of drug-likeness (QED) is 0.784. The first-order valence-electron chi connectivity index (χ1n) is 3.32. The molecule has 0 spiro atoms. The number of carbonyl (C=O) groups excluding carboxylic acids is 1. The molecule has 0 aliphatic heterocycles. The molecular formula is C8H13N2O3Y2-. The van der Waals surface area contributed by atoms with Gasteiger partial charge in [-0.05, 0) is 12.1 Å². The van der Waals surface area contributed by atoms with E-state index in [1.54, 1.807) is 12.1 Å². The van der Waals surface area contributed by atoms with Crippen LogP contribution in [0.5, 0.6) is 0 Å². The van der Waals surface area contributed by atoms with Gasteiger partial charge < -0.3 is 22.0 Å². The van der Waals surface area contributed by atoms with E-state index in [4.69, 9.17) is 5.73 Å². The number of para-hydroxylation sites is 1. The molecule has 1 aromatic rings. The van der Waals surface area contributed by atoms with Gasteiger partial charge in [-0.15, -0.1) is 0 Å². The van der Waals surface area contributed by atoms with Gasteiger partial charge in [-0.1, -0.05) is 24.7 Å². The molecule has 1 rings (SSSR count). The Balaban J connectivity index is -0.000000151. The van der Waals surface area contributed by atoms with Crippen LogP contribution < -0.4 is 5.32 Å². The first-order valence-corrected chi connectivity index (χ1v) is 3.32. The fourth-order valence-corrected chi connectivity index (χ4v) is 0.727. The van der Waals surface area contributed by atoms with Crippen LogP contribution in [0.2, 0.25) is 0 Å². The van der Waals surface area contributed by atoms with E-state index in [0.29, 0.717) is 0 Å². The van der Waals surface area contributed by atoms with Gasteiger partial charge in [0.25, 0.3) is 0 Å². The van der Waals surface area contributed by atoms with Crippen LogP contribution in [0.3, 0.4) is 0 Å². The van der Waals surface area contributed by atoms with Gasteiger partial charge in [0.2, 0.25) is 5.91 Å². The Kier molecular flexibility index (Phi) is 24.5. The maximum absolute atomic E-state index is 10.7. The molecule has 0 saturated heterocycles. The van der Waals surface area contributed by atoms with Crippen molar-refractivity contribution >= 4 is 11.6 Å². The normalized spacial score (nSPS) is 6.73. The van der Waals surface area contributed by atoms with Gasteiger partial charge in [-0.2, -0.15) is 0 Å². The Labute approximate surface area is 139 Å². The maximum Gasteiger partial charge on any atom is 0.203 e. The number of nitrogens with one attached hydrogen (secondary N) is 2. The maximum atomic E-state index is 10.7. The molecule has 0 fully saturated rings. The van der Waals surface area contributed by atoms with Gasteiger partial charge in [0.1, 0.15) is 0 Å². The molecule has 0 unspecified atom stereocenters.